The van der Waals surface area contributed by atoms with Crippen molar-refractivity contribution in [2.75, 3.05) is 45.0 Å². The normalized spacial score (nSPS) is 22.5. The second-order valence-corrected chi connectivity index (χ2v) is 11.2. The molecular formula is C25H35F3N4O2S. The van der Waals surface area contributed by atoms with E-state index in [1.807, 2.05) is 44.2 Å². The van der Waals surface area contributed by atoms with Crippen LogP contribution in [0.25, 0.3) is 0 Å². The van der Waals surface area contributed by atoms with Crippen LogP contribution in [-0.2, 0) is 10.0 Å². The van der Waals surface area contributed by atoms with Gasteiger partial charge in [0.05, 0.1) is 17.8 Å². The van der Waals surface area contributed by atoms with E-state index in [9.17, 15) is 21.6 Å². The van der Waals surface area contributed by atoms with Crippen LogP contribution >= 0.6 is 0 Å². The van der Waals surface area contributed by atoms with E-state index in [2.05, 4.69) is 10.6 Å². The van der Waals surface area contributed by atoms with Crippen LogP contribution in [0.5, 0.6) is 0 Å². The van der Waals surface area contributed by atoms with Crippen LogP contribution in [0.3, 0.4) is 0 Å². The number of benzene rings is 2. The highest BCUT2D eigenvalue weighted by Crippen LogP contribution is 2.32. The first-order valence-corrected chi connectivity index (χ1v) is 13.5. The van der Waals surface area contributed by atoms with Gasteiger partial charge in [-0.1, -0.05) is 74.5 Å². The predicted octanol–water partition coefficient (Wildman–Crippen LogP) is 3.77. The molecule has 0 aliphatic carbocycles. The molecule has 0 bridgehead atoms. The molecule has 2 atom stereocenters. The number of sulfonamides is 1. The van der Waals surface area contributed by atoms with E-state index in [1.165, 1.54) is 0 Å². The minimum absolute atomic E-state index is 0.00304. The number of hydrogen-bond donors (Lipinski definition) is 2. The average molecular weight is 513 g/mol. The number of hydrogen-bond acceptors (Lipinski definition) is 5. The van der Waals surface area contributed by atoms with E-state index in [4.69, 9.17) is 0 Å². The Labute approximate surface area is 206 Å². The molecule has 2 aromatic rings. The van der Waals surface area contributed by atoms with E-state index >= 15 is 0 Å². The lowest BCUT2D eigenvalue weighted by Crippen LogP contribution is -2.52. The van der Waals surface area contributed by atoms with E-state index in [0.717, 1.165) is 12.1 Å². The second-order valence-electron chi connectivity index (χ2n) is 9.21. The maximum absolute atomic E-state index is 12.8. The lowest BCUT2D eigenvalue weighted by atomic mass is 10.0. The summed E-state index contributed by atoms with van der Waals surface area (Å²) < 4.78 is 64.9. The fraction of sp³-hybridized carbons (Fsp3) is 0.520. The van der Waals surface area contributed by atoms with Gasteiger partial charge in [-0.25, -0.2) is 13.3 Å². The van der Waals surface area contributed by atoms with E-state index in [-0.39, 0.29) is 24.3 Å². The monoisotopic (exact) mass is 512 g/mol. The van der Waals surface area contributed by atoms with Gasteiger partial charge >= 0.3 is 6.30 Å². The largest absolute Gasteiger partial charge is 0.460 e. The van der Waals surface area contributed by atoms with Crippen LogP contribution in [0.1, 0.15) is 37.1 Å². The molecule has 194 valence electrons. The van der Waals surface area contributed by atoms with E-state index in [0.29, 0.717) is 36.6 Å². The predicted molar refractivity (Wildman–Crippen MR) is 132 cm³/mol. The zero-order chi connectivity index (χ0) is 25.5. The molecule has 6 nitrogen and oxygen atoms in total. The van der Waals surface area contributed by atoms with Crippen LogP contribution in [-0.4, -0.2) is 68.9 Å². The Balaban J connectivity index is 0.000000198. The van der Waals surface area contributed by atoms with Crippen LogP contribution in [0.15, 0.2) is 60.7 Å². The Morgan fingerprint density at radius 3 is 1.86 bits per heavy atom. The van der Waals surface area contributed by atoms with Crippen molar-refractivity contribution in [1.29, 1.82) is 0 Å². The van der Waals surface area contributed by atoms with Crippen LogP contribution in [0, 0.1) is 5.92 Å². The third kappa shape index (κ3) is 7.75. The van der Waals surface area contributed by atoms with Gasteiger partial charge in [0.15, 0.2) is 0 Å². The number of nitrogens with zero attached hydrogens (tertiary/aromatic N) is 2. The van der Waals surface area contributed by atoms with Gasteiger partial charge in [-0.15, -0.1) is 0 Å². The van der Waals surface area contributed by atoms with Gasteiger partial charge in [0.25, 0.3) is 0 Å². The topological polar surface area (TPSA) is 64.7 Å². The first-order chi connectivity index (χ1) is 16.6. The van der Waals surface area contributed by atoms with Crippen molar-refractivity contribution < 1.29 is 21.6 Å². The van der Waals surface area contributed by atoms with Crippen molar-refractivity contribution in [3.05, 3.63) is 71.8 Å². The summed E-state index contributed by atoms with van der Waals surface area (Å²) in [5, 5.41) is 6.28. The molecule has 2 heterocycles. The van der Waals surface area contributed by atoms with Crippen molar-refractivity contribution in [2.45, 2.75) is 32.2 Å². The minimum Gasteiger partial charge on any atom is -0.314 e. The summed E-state index contributed by atoms with van der Waals surface area (Å²) in [7, 11) is -3.19. The molecule has 2 unspecified atom stereocenters. The number of halogens is 3. The third-order valence-electron chi connectivity index (χ3n) is 6.03. The van der Waals surface area contributed by atoms with E-state index < -0.39 is 22.4 Å². The standard InChI is InChI=1S/C14H22N2O2S.C11H13F3N2/c1-12(2)11-19(17,18)16-9-8-15-10-14(16)13-6-4-3-5-7-13;12-11(13,14)16-7-6-15-8-10(16)9-4-2-1-3-5-9/h3-7,12,14-15H,8-11H2,1-2H3;1-5,10,15H,6-8H2. The molecule has 0 saturated carbocycles. The molecule has 2 aliphatic heterocycles. The van der Waals surface area contributed by atoms with Gasteiger partial charge < -0.3 is 10.6 Å². The highest BCUT2D eigenvalue weighted by molar-refractivity contribution is 7.89. The fourth-order valence-corrected chi connectivity index (χ4v) is 6.46. The van der Waals surface area contributed by atoms with Gasteiger partial charge in [-0.3, -0.25) is 0 Å². The summed E-state index contributed by atoms with van der Waals surface area (Å²) in [6.45, 7) is 6.56. The molecule has 2 fully saturated rings. The van der Waals surface area contributed by atoms with Gasteiger partial charge in [0.1, 0.15) is 0 Å². The van der Waals surface area contributed by atoms with Crippen LogP contribution < -0.4 is 10.6 Å². The van der Waals surface area contributed by atoms with Crippen molar-refractivity contribution in [3.8, 4) is 0 Å². The van der Waals surface area contributed by atoms with Crippen molar-refractivity contribution in [2.24, 2.45) is 5.92 Å². The zero-order valence-corrected chi connectivity index (χ0v) is 21.0. The van der Waals surface area contributed by atoms with E-state index in [1.54, 1.807) is 34.6 Å². The number of rotatable bonds is 5. The first-order valence-electron chi connectivity index (χ1n) is 11.9. The molecule has 2 aliphatic rings. The Morgan fingerprint density at radius 2 is 1.34 bits per heavy atom. The maximum Gasteiger partial charge on any atom is 0.460 e. The van der Waals surface area contributed by atoms with Crippen LogP contribution in [0.2, 0.25) is 0 Å². The molecule has 0 spiro atoms. The molecule has 4 rings (SSSR count). The smallest absolute Gasteiger partial charge is 0.314 e. The number of nitrogens with one attached hydrogen (secondary N) is 2. The van der Waals surface area contributed by atoms with Gasteiger partial charge in [0, 0.05) is 39.3 Å². The van der Waals surface area contributed by atoms with Crippen LogP contribution in [0.4, 0.5) is 13.2 Å². The molecular weight excluding hydrogens is 477 g/mol. The summed E-state index contributed by atoms with van der Waals surface area (Å²) >= 11 is 0. The van der Waals surface area contributed by atoms with Gasteiger partial charge in [-0.05, 0) is 17.0 Å². The van der Waals surface area contributed by atoms with Crippen molar-refractivity contribution in [1.82, 2.24) is 19.8 Å². The molecule has 2 aromatic carbocycles. The lowest BCUT2D eigenvalue weighted by Gasteiger charge is -2.37. The van der Waals surface area contributed by atoms with Gasteiger partial charge in [0.2, 0.25) is 10.0 Å². The average Bonchev–Trinajstić information content (AvgIpc) is 2.84. The number of alkyl halides is 3. The quantitative estimate of drug-likeness (QED) is 0.598. The Hall–Kier alpha value is -1.98. The second kappa shape index (κ2) is 12.3. The third-order valence-corrected chi connectivity index (χ3v) is 8.27. The number of piperazine rings is 2. The molecule has 35 heavy (non-hydrogen) atoms. The maximum atomic E-state index is 12.8. The van der Waals surface area contributed by atoms with Crippen molar-refractivity contribution in [3.63, 3.8) is 0 Å². The SMILES string of the molecule is CC(C)CS(=O)(=O)N1CCNCC1c1ccccc1.FC(F)(F)N1CCNCC1c1ccccc1. The summed E-state index contributed by atoms with van der Waals surface area (Å²) in [5.74, 6) is 0.368. The molecule has 2 N–H and O–H groups in total. The summed E-state index contributed by atoms with van der Waals surface area (Å²) in [6.07, 6.45) is -4.26. The summed E-state index contributed by atoms with van der Waals surface area (Å²) in [6, 6.07) is 17.9. The summed E-state index contributed by atoms with van der Waals surface area (Å²) in [5.41, 5.74) is 1.76. The Bertz CT molecular complexity index is 1000. The molecule has 0 aromatic heterocycles. The van der Waals surface area contributed by atoms with Crippen molar-refractivity contribution >= 4 is 10.0 Å². The Morgan fingerprint density at radius 1 is 0.857 bits per heavy atom. The highest BCUT2D eigenvalue weighted by Gasteiger charge is 2.43. The fourth-order valence-electron chi connectivity index (χ4n) is 4.48. The lowest BCUT2D eigenvalue weighted by molar-refractivity contribution is -0.262. The summed E-state index contributed by atoms with van der Waals surface area (Å²) in [4.78, 5) is 0.596. The highest BCUT2D eigenvalue weighted by atomic mass is 32.2. The minimum atomic E-state index is -4.26. The Kier molecular flexibility index (Phi) is 9.71. The molecule has 0 radical (unpaired) electrons. The molecule has 10 heteroatoms. The van der Waals surface area contributed by atoms with Gasteiger partial charge in [-0.2, -0.15) is 17.5 Å². The first kappa shape index (κ1) is 27.6. The molecule has 2 saturated heterocycles. The molecule has 0 amide bonds. The zero-order valence-electron chi connectivity index (χ0n) is 20.2.